The van der Waals surface area contributed by atoms with E-state index in [1.165, 1.54) is 6.20 Å². The molecule has 5 heteroatoms. The fourth-order valence-corrected chi connectivity index (χ4v) is 1.95. The van der Waals surface area contributed by atoms with Gasteiger partial charge in [0, 0.05) is 20.1 Å². The van der Waals surface area contributed by atoms with Gasteiger partial charge in [-0.15, -0.1) is 5.10 Å². The van der Waals surface area contributed by atoms with E-state index in [0.29, 0.717) is 18.7 Å². The molecule has 1 aromatic carbocycles. The summed E-state index contributed by atoms with van der Waals surface area (Å²) in [6, 6.07) is 9.51. The lowest BCUT2D eigenvalue weighted by Gasteiger charge is -2.09. The second-order valence-corrected chi connectivity index (χ2v) is 4.55. The molecule has 2 rings (SSSR count). The lowest BCUT2D eigenvalue weighted by molar-refractivity contribution is 0.0912. The van der Waals surface area contributed by atoms with Gasteiger partial charge in [-0.1, -0.05) is 30.3 Å². The van der Waals surface area contributed by atoms with Crippen molar-refractivity contribution in [3.63, 3.8) is 0 Å². The summed E-state index contributed by atoms with van der Waals surface area (Å²) in [5.41, 5.74) is 1.34. The van der Waals surface area contributed by atoms with Gasteiger partial charge in [-0.25, -0.2) is 4.68 Å². The first kappa shape index (κ1) is 13.4. The third kappa shape index (κ3) is 3.26. The Bertz CT molecular complexity index is 537. The summed E-state index contributed by atoms with van der Waals surface area (Å²) < 4.78 is 6.62. The van der Waals surface area contributed by atoms with Crippen LogP contribution in [0.15, 0.2) is 36.5 Å². The Kier molecular flexibility index (Phi) is 4.41. The first-order valence-electron chi connectivity index (χ1n) is 6.20. The van der Waals surface area contributed by atoms with Crippen molar-refractivity contribution in [1.29, 1.82) is 0 Å². The molecule has 0 fully saturated rings. The lowest BCUT2D eigenvalue weighted by atomic mass is 10.0. The molecule has 0 saturated heterocycles. The van der Waals surface area contributed by atoms with Gasteiger partial charge in [0.25, 0.3) is 0 Å². The van der Waals surface area contributed by atoms with Gasteiger partial charge in [0.15, 0.2) is 5.78 Å². The number of nitrogens with zero attached hydrogens (tertiary/aromatic N) is 3. The number of methoxy groups -OCH3 is 1. The first-order chi connectivity index (χ1) is 9.22. The number of rotatable bonds is 6. The van der Waals surface area contributed by atoms with E-state index < -0.39 is 0 Å². The summed E-state index contributed by atoms with van der Waals surface area (Å²) >= 11 is 0. The molecular weight excluding hydrogens is 242 g/mol. The molecule has 1 atom stereocenters. The largest absolute Gasteiger partial charge is 0.384 e. The van der Waals surface area contributed by atoms with E-state index in [1.807, 2.05) is 37.3 Å². The van der Waals surface area contributed by atoms with Crippen LogP contribution in [0.2, 0.25) is 0 Å². The normalized spacial score (nSPS) is 12.3. The number of para-hydroxylation sites is 1. The van der Waals surface area contributed by atoms with Crippen LogP contribution < -0.4 is 0 Å². The van der Waals surface area contributed by atoms with E-state index in [0.717, 1.165) is 5.69 Å². The molecule has 1 unspecified atom stereocenters. The van der Waals surface area contributed by atoms with Crippen LogP contribution in [0.25, 0.3) is 5.69 Å². The molecule has 0 radical (unpaired) electrons. The monoisotopic (exact) mass is 259 g/mol. The van der Waals surface area contributed by atoms with Crippen molar-refractivity contribution in [2.45, 2.75) is 13.3 Å². The Morgan fingerprint density at radius 2 is 2.11 bits per heavy atom. The van der Waals surface area contributed by atoms with E-state index in [2.05, 4.69) is 10.3 Å². The Hall–Kier alpha value is -2.01. The molecule has 5 nitrogen and oxygen atoms in total. The van der Waals surface area contributed by atoms with E-state index >= 15 is 0 Å². The highest BCUT2D eigenvalue weighted by molar-refractivity contribution is 5.94. The van der Waals surface area contributed by atoms with Crippen LogP contribution in [0.3, 0.4) is 0 Å². The van der Waals surface area contributed by atoms with Crippen molar-refractivity contribution >= 4 is 5.78 Å². The van der Waals surface area contributed by atoms with Crippen LogP contribution in [0, 0.1) is 5.92 Å². The average molecular weight is 259 g/mol. The van der Waals surface area contributed by atoms with Crippen LogP contribution in [-0.4, -0.2) is 34.5 Å². The molecule has 0 saturated carbocycles. The Balaban J connectivity index is 2.18. The van der Waals surface area contributed by atoms with Crippen molar-refractivity contribution in [1.82, 2.24) is 15.0 Å². The quantitative estimate of drug-likeness (QED) is 0.746. The SMILES string of the molecule is COCC(C)CC(=O)c1cnnn1-c1ccccc1. The van der Waals surface area contributed by atoms with Crippen molar-refractivity contribution in [2.75, 3.05) is 13.7 Å². The molecular formula is C14H17N3O2. The zero-order valence-electron chi connectivity index (χ0n) is 11.1. The van der Waals surface area contributed by atoms with Crippen molar-refractivity contribution in [3.8, 4) is 5.69 Å². The number of aromatic nitrogens is 3. The molecule has 19 heavy (non-hydrogen) atoms. The number of Topliss-reactive ketones (excluding diaryl/α,β-unsaturated/α-hetero) is 1. The summed E-state index contributed by atoms with van der Waals surface area (Å²) in [6.45, 7) is 2.55. The van der Waals surface area contributed by atoms with Crippen LogP contribution in [0.5, 0.6) is 0 Å². The average Bonchev–Trinajstić information content (AvgIpc) is 2.89. The van der Waals surface area contributed by atoms with Gasteiger partial charge < -0.3 is 4.74 Å². The molecule has 1 heterocycles. The maximum absolute atomic E-state index is 12.2. The zero-order chi connectivity index (χ0) is 13.7. The van der Waals surface area contributed by atoms with E-state index in [9.17, 15) is 4.79 Å². The number of carbonyl (C=O) groups is 1. The predicted octanol–water partition coefficient (Wildman–Crippen LogP) is 2.12. The topological polar surface area (TPSA) is 57.0 Å². The molecule has 0 amide bonds. The third-order valence-corrected chi connectivity index (χ3v) is 2.82. The number of carbonyl (C=O) groups excluding carboxylic acids is 1. The van der Waals surface area contributed by atoms with Gasteiger partial charge in [-0.05, 0) is 18.1 Å². The molecule has 0 aliphatic heterocycles. The van der Waals surface area contributed by atoms with Gasteiger partial charge in [0.2, 0.25) is 0 Å². The Morgan fingerprint density at radius 3 is 2.79 bits per heavy atom. The van der Waals surface area contributed by atoms with Gasteiger partial charge in [0.1, 0.15) is 5.69 Å². The molecule has 0 N–H and O–H groups in total. The maximum atomic E-state index is 12.2. The molecule has 2 aromatic rings. The maximum Gasteiger partial charge on any atom is 0.183 e. The minimum atomic E-state index is 0.0263. The highest BCUT2D eigenvalue weighted by atomic mass is 16.5. The van der Waals surface area contributed by atoms with Gasteiger partial charge in [-0.3, -0.25) is 4.79 Å². The van der Waals surface area contributed by atoms with Gasteiger partial charge in [-0.2, -0.15) is 0 Å². The predicted molar refractivity (Wildman–Crippen MR) is 71.3 cm³/mol. The number of hydrogen-bond acceptors (Lipinski definition) is 4. The van der Waals surface area contributed by atoms with Gasteiger partial charge in [0.05, 0.1) is 11.9 Å². The first-order valence-corrected chi connectivity index (χ1v) is 6.20. The molecule has 0 aliphatic carbocycles. The van der Waals surface area contributed by atoms with Crippen molar-refractivity contribution in [3.05, 3.63) is 42.2 Å². The number of hydrogen-bond donors (Lipinski definition) is 0. The summed E-state index contributed by atoms with van der Waals surface area (Å²) in [5, 5.41) is 7.81. The van der Waals surface area contributed by atoms with E-state index in [4.69, 9.17) is 4.74 Å². The summed E-state index contributed by atoms with van der Waals surface area (Å²) in [7, 11) is 1.64. The highest BCUT2D eigenvalue weighted by Crippen LogP contribution is 2.13. The third-order valence-electron chi connectivity index (χ3n) is 2.82. The second-order valence-electron chi connectivity index (χ2n) is 4.55. The minimum absolute atomic E-state index is 0.0263. The Labute approximate surface area is 112 Å². The fraction of sp³-hybridized carbons (Fsp3) is 0.357. The molecule has 100 valence electrons. The minimum Gasteiger partial charge on any atom is -0.384 e. The molecule has 1 aromatic heterocycles. The van der Waals surface area contributed by atoms with Crippen LogP contribution in [0.4, 0.5) is 0 Å². The summed E-state index contributed by atoms with van der Waals surface area (Å²) in [5.74, 6) is 0.204. The van der Waals surface area contributed by atoms with Crippen LogP contribution in [0.1, 0.15) is 23.8 Å². The smallest absolute Gasteiger partial charge is 0.183 e. The van der Waals surface area contributed by atoms with Crippen LogP contribution in [-0.2, 0) is 4.74 Å². The standard InChI is InChI=1S/C14H17N3O2/c1-11(10-19-2)8-14(18)13-9-15-16-17(13)12-6-4-3-5-7-12/h3-7,9,11H,8,10H2,1-2H3. The zero-order valence-corrected chi connectivity index (χ0v) is 11.1. The van der Waals surface area contributed by atoms with Crippen molar-refractivity contribution < 1.29 is 9.53 Å². The fourth-order valence-electron chi connectivity index (χ4n) is 1.95. The van der Waals surface area contributed by atoms with E-state index in [-0.39, 0.29) is 11.7 Å². The van der Waals surface area contributed by atoms with Crippen molar-refractivity contribution in [2.24, 2.45) is 5.92 Å². The van der Waals surface area contributed by atoms with Crippen LogP contribution >= 0.6 is 0 Å². The van der Waals surface area contributed by atoms with E-state index in [1.54, 1.807) is 11.8 Å². The summed E-state index contributed by atoms with van der Waals surface area (Å²) in [6.07, 6.45) is 1.93. The number of benzene rings is 1. The molecule has 0 spiro atoms. The summed E-state index contributed by atoms with van der Waals surface area (Å²) in [4.78, 5) is 12.2. The second kappa shape index (κ2) is 6.24. The highest BCUT2D eigenvalue weighted by Gasteiger charge is 2.17. The number of ether oxygens (including phenoxy) is 1. The lowest BCUT2D eigenvalue weighted by Crippen LogP contribution is -2.14. The van der Waals surface area contributed by atoms with Gasteiger partial charge >= 0.3 is 0 Å². The Morgan fingerprint density at radius 1 is 1.37 bits per heavy atom. The number of ketones is 1. The molecule has 0 bridgehead atoms. The molecule has 0 aliphatic rings.